The van der Waals surface area contributed by atoms with Gasteiger partial charge in [-0.25, -0.2) is 0 Å². The molecular formula is C17H22O2. The number of benzene rings is 2. The summed E-state index contributed by atoms with van der Waals surface area (Å²) in [4.78, 5) is 0. The lowest BCUT2D eigenvalue weighted by atomic mass is 10.0. The molecular weight excluding hydrogens is 236 g/mol. The van der Waals surface area contributed by atoms with E-state index in [0.29, 0.717) is 0 Å². The average molecular weight is 258 g/mol. The summed E-state index contributed by atoms with van der Waals surface area (Å²) in [5.74, 6) is 1.73. The molecule has 2 nitrogen and oxygen atoms in total. The molecule has 2 heteroatoms. The fourth-order valence-electron chi connectivity index (χ4n) is 1.84. The first-order chi connectivity index (χ1) is 9.24. The fourth-order valence-corrected chi connectivity index (χ4v) is 1.84. The highest BCUT2D eigenvalue weighted by Gasteiger charge is 2.06. The highest BCUT2D eigenvalue weighted by Crippen LogP contribution is 2.32. The number of hydrogen-bond donors (Lipinski definition) is 0. The van der Waals surface area contributed by atoms with Crippen LogP contribution in [-0.4, -0.2) is 14.2 Å². The van der Waals surface area contributed by atoms with Crippen LogP contribution < -0.4 is 9.47 Å². The number of aryl methyl sites for hydroxylation is 1. The maximum Gasteiger partial charge on any atom is 0.126 e. The summed E-state index contributed by atoms with van der Waals surface area (Å²) in [5.41, 5.74) is 3.40. The average Bonchev–Trinajstić information content (AvgIpc) is 2.49. The first-order valence-electron chi connectivity index (χ1n) is 6.53. The van der Waals surface area contributed by atoms with Crippen molar-refractivity contribution in [2.45, 2.75) is 20.8 Å². The molecule has 0 aliphatic rings. The molecule has 2 aromatic carbocycles. The molecule has 2 aromatic rings. The smallest absolute Gasteiger partial charge is 0.126 e. The quantitative estimate of drug-likeness (QED) is 0.794. The lowest BCUT2D eigenvalue weighted by molar-refractivity contribution is 0.413. The molecule has 0 heterocycles. The van der Waals surface area contributed by atoms with Gasteiger partial charge in [0.2, 0.25) is 0 Å². The molecule has 0 amide bonds. The number of rotatable bonds is 3. The molecule has 0 aliphatic carbocycles. The van der Waals surface area contributed by atoms with Crippen LogP contribution >= 0.6 is 0 Å². The summed E-state index contributed by atoms with van der Waals surface area (Å²) in [7, 11) is 3.36. The van der Waals surface area contributed by atoms with Crippen LogP contribution in [0.4, 0.5) is 0 Å². The second kappa shape index (κ2) is 7.47. The Bertz CT molecular complexity index is 518. The minimum Gasteiger partial charge on any atom is -0.497 e. The maximum absolute atomic E-state index is 5.39. The molecule has 0 N–H and O–H groups in total. The predicted octanol–water partition coefficient (Wildman–Crippen LogP) is 4.71. The monoisotopic (exact) mass is 258 g/mol. The Morgan fingerprint density at radius 2 is 1.58 bits per heavy atom. The lowest BCUT2D eigenvalue weighted by Crippen LogP contribution is -1.89. The van der Waals surface area contributed by atoms with Crippen LogP contribution in [0.15, 0.2) is 42.5 Å². The van der Waals surface area contributed by atoms with Gasteiger partial charge in [-0.2, -0.15) is 0 Å². The van der Waals surface area contributed by atoms with Gasteiger partial charge in [-0.1, -0.05) is 37.6 Å². The van der Waals surface area contributed by atoms with E-state index in [1.165, 1.54) is 5.56 Å². The van der Waals surface area contributed by atoms with E-state index >= 15 is 0 Å². The highest BCUT2D eigenvalue weighted by molar-refractivity contribution is 5.72. The SMILES string of the molecule is CC.COc1cccc(-c2cc(C)ccc2OC)c1. The van der Waals surface area contributed by atoms with Crippen molar-refractivity contribution < 1.29 is 9.47 Å². The lowest BCUT2D eigenvalue weighted by Gasteiger charge is -2.10. The van der Waals surface area contributed by atoms with Gasteiger partial charge < -0.3 is 9.47 Å². The Hall–Kier alpha value is -1.96. The van der Waals surface area contributed by atoms with E-state index in [0.717, 1.165) is 22.6 Å². The van der Waals surface area contributed by atoms with Gasteiger partial charge in [0.15, 0.2) is 0 Å². The minimum atomic E-state index is 0.853. The van der Waals surface area contributed by atoms with Crippen LogP contribution in [0.1, 0.15) is 19.4 Å². The second-order valence-corrected chi connectivity index (χ2v) is 3.94. The normalized spacial score (nSPS) is 9.32. The molecule has 0 spiro atoms. The number of hydrogen-bond acceptors (Lipinski definition) is 2. The third-order valence-corrected chi connectivity index (χ3v) is 2.74. The van der Waals surface area contributed by atoms with E-state index in [4.69, 9.17) is 9.47 Å². The zero-order valence-electron chi connectivity index (χ0n) is 12.4. The van der Waals surface area contributed by atoms with Crippen molar-refractivity contribution in [3.63, 3.8) is 0 Å². The van der Waals surface area contributed by atoms with E-state index in [2.05, 4.69) is 19.1 Å². The van der Waals surface area contributed by atoms with Gasteiger partial charge in [-0.3, -0.25) is 0 Å². The molecule has 0 saturated heterocycles. The first-order valence-corrected chi connectivity index (χ1v) is 6.53. The molecule has 0 fully saturated rings. The van der Waals surface area contributed by atoms with Gasteiger partial charge in [0.25, 0.3) is 0 Å². The second-order valence-electron chi connectivity index (χ2n) is 3.94. The van der Waals surface area contributed by atoms with Crippen molar-refractivity contribution >= 4 is 0 Å². The fraction of sp³-hybridized carbons (Fsp3) is 0.294. The van der Waals surface area contributed by atoms with Gasteiger partial charge in [0.1, 0.15) is 11.5 Å². The van der Waals surface area contributed by atoms with E-state index in [-0.39, 0.29) is 0 Å². The zero-order valence-corrected chi connectivity index (χ0v) is 12.4. The highest BCUT2D eigenvalue weighted by atomic mass is 16.5. The van der Waals surface area contributed by atoms with E-state index < -0.39 is 0 Å². The van der Waals surface area contributed by atoms with Crippen LogP contribution in [0, 0.1) is 6.92 Å². The summed E-state index contributed by atoms with van der Waals surface area (Å²) in [6.07, 6.45) is 0. The summed E-state index contributed by atoms with van der Waals surface area (Å²) in [5, 5.41) is 0. The third-order valence-electron chi connectivity index (χ3n) is 2.74. The van der Waals surface area contributed by atoms with Crippen molar-refractivity contribution in [2.75, 3.05) is 14.2 Å². The molecule has 0 aliphatic heterocycles. The Morgan fingerprint density at radius 3 is 2.21 bits per heavy atom. The van der Waals surface area contributed by atoms with Crippen molar-refractivity contribution in [1.82, 2.24) is 0 Å². The van der Waals surface area contributed by atoms with Gasteiger partial charge in [0.05, 0.1) is 14.2 Å². The van der Waals surface area contributed by atoms with Crippen molar-refractivity contribution in [2.24, 2.45) is 0 Å². The first kappa shape index (κ1) is 15.1. The van der Waals surface area contributed by atoms with Crippen LogP contribution in [0.2, 0.25) is 0 Å². The van der Waals surface area contributed by atoms with Crippen LogP contribution in [0.25, 0.3) is 11.1 Å². The van der Waals surface area contributed by atoms with Crippen LogP contribution in [-0.2, 0) is 0 Å². The topological polar surface area (TPSA) is 18.5 Å². The molecule has 102 valence electrons. The molecule has 0 radical (unpaired) electrons. The van der Waals surface area contributed by atoms with E-state index in [1.54, 1.807) is 14.2 Å². The Labute approximate surface area is 116 Å². The molecule has 2 rings (SSSR count). The summed E-state index contributed by atoms with van der Waals surface area (Å²) < 4.78 is 10.6. The van der Waals surface area contributed by atoms with E-state index in [1.807, 2.05) is 44.2 Å². The molecule has 0 atom stereocenters. The van der Waals surface area contributed by atoms with E-state index in [9.17, 15) is 0 Å². The van der Waals surface area contributed by atoms with Gasteiger partial charge >= 0.3 is 0 Å². The minimum absolute atomic E-state index is 0.853. The number of ether oxygens (including phenoxy) is 2. The summed E-state index contributed by atoms with van der Waals surface area (Å²) in [6, 6.07) is 14.1. The molecule has 0 bridgehead atoms. The molecule has 19 heavy (non-hydrogen) atoms. The Balaban J connectivity index is 0.000000861. The van der Waals surface area contributed by atoms with Gasteiger partial charge in [-0.05, 0) is 36.8 Å². The Morgan fingerprint density at radius 1 is 0.842 bits per heavy atom. The Kier molecular flexibility index (Phi) is 5.94. The van der Waals surface area contributed by atoms with Crippen molar-refractivity contribution in [3.05, 3.63) is 48.0 Å². The number of methoxy groups -OCH3 is 2. The van der Waals surface area contributed by atoms with Gasteiger partial charge in [0, 0.05) is 5.56 Å². The largest absolute Gasteiger partial charge is 0.497 e. The predicted molar refractivity (Wildman–Crippen MR) is 81.1 cm³/mol. The third kappa shape index (κ3) is 3.75. The standard InChI is InChI=1S/C15H16O2.C2H6/c1-11-7-8-15(17-3)14(9-11)12-5-4-6-13(10-12)16-2;1-2/h4-10H,1-3H3;1-2H3. The molecule has 0 aromatic heterocycles. The van der Waals surface area contributed by atoms with Crippen LogP contribution in [0.3, 0.4) is 0 Å². The van der Waals surface area contributed by atoms with Crippen molar-refractivity contribution in [1.29, 1.82) is 0 Å². The summed E-state index contributed by atoms with van der Waals surface area (Å²) >= 11 is 0. The van der Waals surface area contributed by atoms with Gasteiger partial charge in [-0.15, -0.1) is 0 Å². The van der Waals surface area contributed by atoms with Crippen molar-refractivity contribution in [3.8, 4) is 22.6 Å². The molecule has 0 saturated carbocycles. The van der Waals surface area contributed by atoms with Crippen LogP contribution in [0.5, 0.6) is 11.5 Å². The maximum atomic E-state index is 5.39. The summed E-state index contributed by atoms with van der Waals surface area (Å²) in [6.45, 7) is 6.07. The molecule has 0 unspecified atom stereocenters. The zero-order chi connectivity index (χ0) is 14.3.